The van der Waals surface area contributed by atoms with Crippen molar-refractivity contribution in [1.29, 1.82) is 0 Å². The molecule has 3 N–H and O–H groups in total. The molecule has 1 saturated heterocycles. The normalized spacial score (nSPS) is 34.5. The molecule has 1 saturated carbocycles. The van der Waals surface area contributed by atoms with Crippen LogP contribution in [0.25, 0.3) is 0 Å². The van der Waals surface area contributed by atoms with Crippen LogP contribution in [-0.4, -0.2) is 49.3 Å². The van der Waals surface area contributed by atoms with Gasteiger partial charge < -0.3 is 20.5 Å². The molecule has 1 amide bonds. The zero-order valence-corrected chi connectivity index (χ0v) is 12.0. The summed E-state index contributed by atoms with van der Waals surface area (Å²) in [7, 11) is 0. The topological polar surface area (TPSA) is 87.7 Å². The van der Waals surface area contributed by atoms with Gasteiger partial charge in [0.2, 0.25) is 5.91 Å². The van der Waals surface area contributed by atoms with E-state index in [1.54, 1.807) is 0 Å². The zero-order valence-electron chi connectivity index (χ0n) is 12.0. The molecule has 20 heavy (non-hydrogen) atoms. The molecule has 0 radical (unpaired) electrons. The van der Waals surface area contributed by atoms with Crippen LogP contribution in [0.1, 0.15) is 32.6 Å². The molecule has 114 valence electrons. The molecule has 2 fully saturated rings. The van der Waals surface area contributed by atoms with Gasteiger partial charge in [-0.2, -0.15) is 0 Å². The Morgan fingerprint density at radius 3 is 2.65 bits per heavy atom. The number of carbonyl (C=O) groups excluding carboxylic acids is 1. The van der Waals surface area contributed by atoms with Crippen molar-refractivity contribution in [2.75, 3.05) is 26.3 Å². The first-order valence-corrected chi connectivity index (χ1v) is 7.36. The van der Waals surface area contributed by atoms with E-state index in [1.165, 1.54) is 0 Å². The van der Waals surface area contributed by atoms with E-state index in [0.29, 0.717) is 38.5 Å². The van der Waals surface area contributed by atoms with Crippen molar-refractivity contribution in [3.8, 4) is 0 Å². The Bertz CT molecular complexity index is 358. The van der Waals surface area contributed by atoms with Crippen LogP contribution in [-0.2, 0) is 14.3 Å². The summed E-state index contributed by atoms with van der Waals surface area (Å²) in [4.78, 5) is 23.6. The number of carbonyl (C=O) groups is 2. The quantitative estimate of drug-likeness (QED) is 0.694. The lowest BCUT2D eigenvalue weighted by molar-refractivity contribution is -0.151. The van der Waals surface area contributed by atoms with Gasteiger partial charge >= 0.3 is 5.97 Å². The number of rotatable bonds is 4. The van der Waals surface area contributed by atoms with Gasteiger partial charge in [0.05, 0.1) is 18.6 Å². The Hall–Kier alpha value is -1.14. The molecule has 0 aromatic rings. The fraction of sp³-hybridized carbons (Fsp3) is 0.857. The van der Waals surface area contributed by atoms with Crippen molar-refractivity contribution in [1.82, 2.24) is 10.6 Å². The van der Waals surface area contributed by atoms with Gasteiger partial charge in [-0.05, 0) is 31.6 Å². The molecule has 6 nitrogen and oxygen atoms in total. The molecule has 2 rings (SSSR count). The number of hydrogen-bond donors (Lipinski definition) is 3. The third-order valence-electron chi connectivity index (χ3n) is 4.52. The van der Waals surface area contributed by atoms with Gasteiger partial charge in [0.1, 0.15) is 6.04 Å². The highest BCUT2D eigenvalue weighted by atomic mass is 16.5. The van der Waals surface area contributed by atoms with Crippen molar-refractivity contribution >= 4 is 11.9 Å². The van der Waals surface area contributed by atoms with E-state index < -0.39 is 11.4 Å². The summed E-state index contributed by atoms with van der Waals surface area (Å²) in [6.07, 6.45) is 3.09. The van der Waals surface area contributed by atoms with Gasteiger partial charge in [-0.3, -0.25) is 9.59 Å². The highest BCUT2D eigenvalue weighted by molar-refractivity contribution is 5.83. The summed E-state index contributed by atoms with van der Waals surface area (Å²) < 4.78 is 5.24. The molecular formula is C14H24N2O4. The lowest BCUT2D eigenvalue weighted by Gasteiger charge is -2.36. The molecular weight excluding hydrogens is 260 g/mol. The Balaban J connectivity index is 1.89. The molecule has 1 heterocycles. The maximum atomic E-state index is 12.0. The summed E-state index contributed by atoms with van der Waals surface area (Å²) in [5.74, 6) is -0.381. The average molecular weight is 284 g/mol. The van der Waals surface area contributed by atoms with Crippen LogP contribution in [0.2, 0.25) is 0 Å². The van der Waals surface area contributed by atoms with Crippen molar-refractivity contribution in [2.45, 2.75) is 38.6 Å². The van der Waals surface area contributed by atoms with E-state index in [2.05, 4.69) is 17.6 Å². The van der Waals surface area contributed by atoms with Crippen LogP contribution >= 0.6 is 0 Å². The summed E-state index contributed by atoms with van der Waals surface area (Å²) in [6, 6.07) is -0.364. The van der Waals surface area contributed by atoms with E-state index in [4.69, 9.17) is 4.74 Å². The Labute approximate surface area is 119 Å². The molecule has 0 aromatic carbocycles. The third kappa shape index (κ3) is 3.49. The van der Waals surface area contributed by atoms with E-state index in [9.17, 15) is 14.7 Å². The van der Waals surface area contributed by atoms with Crippen LogP contribution in [0.5, 0.6) is 0 Å². The van der Waals surface area contributed by atoms with Gasteiger partial charge in [0.15, 0.2) is 0 Å². The average Bonchev–Trinajstić information content (AvgIpc) is 2.47. The van der Waals surface area contributed by atoms with Crippen LogP contribution in [0, 0.1) is 11.3 Å². The monoisotopic (exact) mass is 284 g/mol. The van der Waals surface area contributed by atoms with Crippen LogP contribution < -0.4 is 10.6 Å². The Morgan fingerprint density at radius 1 is 1.40 bits per heavy atom. The maximum Gasteiger partial charge on any atom is 0.311 e. The maximum absolute atomic E-state index is 12.0. The van der Waals surface area contributed by atoms with E-state index in [1.807, 2.05) is 0 Å². The van der Waals surface area contributed by atoms with E-state index in [0.717, 1.165) is 12.8 Å². The zero-order chi connectivity index (χ0) is 14.6. The largest absolute Gasteiger partial charge is 0.481 e. The first-order valence-electron chi connectivity index (χ1n) is 7.36. The minimum atomic E-state index is -0.794. The summed E-state index contributed by atoms with van der Waals surface area (Å²) in [6.45, 7) is 3.98. The number of morpholine rings is 1. The summed E-state index contributed by atoms with van der Waals surface area (Å²) >= 11 is 0. The second kappa shape index (κ2) is 6.54. The SMILES string of the molecule is CC1CCC(CNC(=O)C2COCCN2)(C(=O)O)CC1. The summed E-state index contributed by atoms with van der Waals surface area (Å²) in [5, 5.41) is 15.4. The molecule has 1 atom stereocenters. The minimum Gasteiger partial charge on any atom is -0.481 e. The minimum absolute atomic E-state index is 0.163. The highest BCUT2D eigenvalue weighted by Crippen LogP contribution is 2.38. The molecule has 0 aromatic heterocycles. The standard InChI is InChI=1S/C14H24N2O4/c1-10-2-4-14(5-3-10,13(18)19)9-16-12(17)11-8-20-7-6-15-11/h10-11,15H,2-9H2,1H3,(H,16,17)(H,18,19). The first kappa shape index (κ1) is 15.3. The third-order valence-corrected chi connectivity index (χ3v) is 4.52. The lowest BCUT2D eigenvalue weighted by Crippen LogP contribution is -2.54. The second-order valence-electron chi connectivity index (χ2n) is 6.07. The number of carboxylic acid groups (broad SMARTS) is 1. The van der Waals surface area contributed by atoms with Gasteiger partial charge in [-0.15, -0.1) is 0 Å². The molecule has 0 spiro atoms. The molecule has 6 heteroatoms. The molecule has 1 aliphatic heterocycles. The predicted octanol–water partition coefficient (Wildman–Crippen LogP) is 0.372. The highest BCUT2D eigenvalue weighted by Gasteiger charge is 2.41. The van der Waals surface area contributed by atoms with Crippen molar-refractivity contribution < 1.29 is 19.4 Å². The number of hydrogen-bond acceptors (Lipinski definition) is 4. The van der Waals surface area contributed by atoms with Crippen molar-refractivity contribution in [2.24, 2.45) is 11.3 Å². The number of aliphatic carboxylic acids is 1. The van der Waals surface area contributed by atoms with Crippen LogP contribution in [0.4, 0.5) is 0 Å². The predicted molar refractivity (Wildman–Crippen MR) is 73.3 cm³/mol. The second-order valence-corrected chi connectivity index (χ2v) is 6.07. The lowest BCUT2D eigenvalue weighted by atomic mass is 9.71. The molecule has 0 bridgehead atoms. The van der Waals surface area contributed by atoms with Gasteiger partial charge in [0, 0.05) is 13.1 Å². The Kier molecular flexibility index (Phi) is 4.99. The van der Waals surface area contributed by atoms with Gasteiger partial charge in [0.25, 0.3) is 0 Å². The van der Waals surface area contributed by atoms with Crippen molar-refractivity contribution in [3.05, 3.63) is 0 Å². The van der Waals surface area contributed by atoms with Crippen LogP contribution in [0.3, 0.4) is 0 Å². The fourth-order valence-electron chi connectivity index (χ4n) is 2.89. The van der Waals surface area contributed by atoms with E-state index >= 15 is 0 Å². The number of amides is 1. The molecule has 1 aliphatic carbocycles. The number of carboxylic acids is 1. The number of nitrogens with one attached hydrogen (secondary N) is 2. The first-order chi connectivity index (χ1) is 9.53. The van der Waals surface area contributed by atoms with E-state index in [-0.39, 0.29) is 18.5 Å². The van der Waals surface area contributed by atoms with Gasteiger partial charge in [-0.1, -0.05) is 6.92 Å². The smallest absolute Gasteiger partial charge is 0.311 e. The summed E-state index contributed by atoms with van der Waals surface area (Å²) in [5.41, 5.74) is -0.794. The fourth-order valence-corrected chi connectivity index (χ4v) is 2.89. The number of ether oxygens (including phenoxy) is 1. The molecule has 1 unspecified atom stereocenters. The Morgan fingerprint density at radius 2 is 2.10 bits per heavy atom. The molecule has 2 aliphatic rings. The van der Waals surface area contributed by atoms with Crippen molar-refractivity contribution in [3.63, 3.8) is 0 Å². The van der Waals surface area contributed by atoms with Crippen LogP contribution in [0.15, 0.2) is 0 Å². The van der Waals surface area contributed by atoms with Gasteiger partial charge in [-0.25, -0.2) is 0 Å².